The lowest BCUT2D eigenvalue weighted by molar-refractivity contribution is -0.126. The van der Waals surface area contributed by atoms with Crippen molar-refractivity contribution in [1.82, 2.24) is 5.32 Å². The van der Waals surface area contributed by atoms with E-state index in [9.17, 15) is 4.79 Å². The van der Waals surface area contributed by atoms with Crippen LogP contribution in [0.3, 0.4) is 0 Å². The maximum atomic E-state index is 12.0. The lowest BCUT2D eigenvalue weighted by Gasteiger charge is -2.23. The highest BCUT2D eigenvalue weighted by Crippen LogP contribution is 2.20. The summed E-state index contributed by atoms with van der Waals surface area (Å²) in [6, 6.07) is 5.91. The van der Waals surface area contributed by atoms with Gasteiger partial charge in [-0.05, 0) is 31.9 Å². The zero-order valence-corrected chi connectivity index (χ0v) is 13.5. The molecule has 5 heteroatoms. The number of methoxy groups -OCH3 is 1. The van der Waals surface area contributed by atoms with Gasteiger partial charge >= 0.3 is 0 Å². The molecule has 1 aromatic rings. The molecule has 0 radical (unpaired) electrons. The van der Waals surface area contributed by atoms with Crippen molar-refractivity contribution in [2.24, 2.45) is 5.73 Å². The Morgan fingerprint density at radius 3 is 2.65 bits per heavy atom. The van der Waals surface area contributed by atoms with E-state index in [2.05, 4.69) is 5.32 Å². The third kappa shape index (κ3) is 5.02. The largest absolute Gasteiger partial charge is 0.496 e. The number of nitrogens with two attached hydrogens (primary N) is 1. The van der Waals surface area contributed by atoms with Crippen LogP contribution in [-0.4, -0.2) is 18.6 Å². The van der Waals surface area contributed by atoms with Gasteiger partial charge in [0.15, 0.2) is 0 Å². The molecule has 3 N–H and O–H groups in total. The molecule has 0 bridgehead atoms. The number of amides is 1. The summed E-state index contributed by atoms with van der Waals surface area (Å²) in [5, 5.41) is 2.87. The topological polar surface area (TPSA) is 64.4 Å². The predicted octanol–water partition coefficient (Wildman–Crippen LogP) is 2.56. The molecule has 0 aliphatic heterocycles. The van der Waals surface area contributed by atoms with Crippen LogP contribution >= 0.6 is 12.4 Å². The van der Waals surface area contributed by atoms with Gasteiger partial charge in [-0.3, -0.25) is 4.79 Å². The van der Waals surface area contributed by atoms with Crippen LogP contribution in [0.4, 0.5) is 0 Å². The standard InChI is InChI=1S/C15H24N2O2.ClH/c1-5-8-15(3,16)14(18)17-10-12-7-6-11(2)9-13(12)19-4;/h6-7,9H,5,8,10,16H2,1-4H3,(H,17,18);1H. The molecule has 0 heterocycles. The number of ether oxygens (including phenoxy) is 1. The summed E-state index contributed by atoms with van der Waals surface area (Å²) in [6.07, 6.45) is 1.55. The molecule has 0 fully saturated rings. The molecular weight excluding hydrogens is 276 g/mol. The zero-order chi connectivity index (χ0) is 14.5. The van der Waals surface area contributed by atoms with Crippen LogP contribution in [0.2, 0.25) is 0 Å². The van der Waals surface area contributed by atoms with Crippen LogP contribution < -0.4 is 15.8 Å². The van der Waals surface area contributed by atoms with Crippen LogP contribution in [0.15, 0.2) is 18.2 Å². The molecule has 0 saturated carbocycles. The molecule has 0 aliphatic carbocycles. The van der Waals surface area contributed by atoms with E-state index in [0.717, 1.165) is 23.3 Å². The number of rotatable bonds is 6. The number of aryl methyl sites for hydroxylation is 1. The number of nitrogens with one attached hydrogen (secondary N) is 1. The second-order valence-corrected chi connectivity index (χ2v) is 5.17. The number of benzene rings is 1. The molecular formula is C15H25ClN2O2. The van der Waals surface area contributed by atoms with E-state index in [1.165, 1.54) is 0 Å². The average Bonchev–Trinajstić information content (AvgIpc) is 2.36. The lowest BCUT2D eigenvalue weighted by Crippen LogP contribution is -2.51. The van der Waals surface area contributed by atoms with E-state index in [1.54, 1.807) is 14.0 Å². The van der Waals surface area contributed by atoms with Gasteiger partial charge in [0.25, 0.3) is 0 Å². The Morgan fingerprint density at radius 2 is 2.10 bits per heavy atom. The SMILES string of the molecule is CCCC(C)(N)C(=O)NCc1ccc(C)cc1OC.Cl. The third-order valence-corrected chi connectivity index (χ3v) is 3.17. The Labute approximate surface area is 127 Å². The van der Waals surface area contributed by atoms with Gasteiger partial charge in [-0.2, -0.15) is 0 Å². The number of hydrogen-bond acceptors (Lipinski definition) is 3. The average molecular weight is 301 g/mol. The smallest absolute Gasteiger partial charge is 0.240 e. The van der Waals surface area contributed by atoms with Crippen LogP contribution in [0.25, 0.3) is 0 Å². The first-order chi connectivity index (χ1) is 8.90. The molecule has 1 atom stereocenters. The summed E-state index contributed by atoms with van der Waals surface area (Å²) in [4.78, 5) is 12.0. The monoisotopic (exact) mass is 300 g/mol. The normalized spacial score (nSPS) is 13.1. The number of hydrogen-bond donors (Lipinski definition) is 2. The van der Waals surface area contributed by atoms with Gasteiger partial charge < -0.3 is 15.8 Å². The van der Waals surface area contributed by atoms with Crippen LogP contribution in [0.5, 0.6) is 5.75 Å². The van der Waals surface area contributed by atoms with E-state index in [4.69, 9.17) is 10.5 Å². The van der Waals surface area contributed by atoms with E-state index < -0.39 is 5.54 Å². The highest BCUT2D eigenvalue weighted by Gasteiger charge is 2.26. The summed E-state index contributed by atoms with van der Waals surface area (Å²) < 4.78 is 5.31. The highest BCUT2D eigenvalue weighted by atomic mass is 35.5. The number of carbonyl (C=O) groups is 1. The Bertz CT molecular complexity index is 447. The van der Waals surface area contributed by atoms with Crippen molar-refractivity contribution in [3.63, 3.8) is 0 Å². The van der Waals surface area contributed by atoms with Gasteiger partial charge in [0, 0.05) is 12.1 Å². The van der Waals surface area contributed by atoms with Crippen molar-refractivity contribution in [3.05, 3.63) is 29.3 Å². The molecule has 1 rings (SSSR count). The van der Waals surface area contributed by atoms with Gasteiger partial charge in [-0.15, -0.1) is 12.4 Å². The second kappa shape index (κ2) is 8.12. The van der Waals surface area contributed by atoms with Crippen molar-refractivity contribution in [2.45, 2.75) is 45.7 Å². The Kier molecular flexibility index (Phi) is 7.61. The third-order valence-electron chi connectivity index (χ3n) is 3.17. The highest BCUT2D eigenvalue weighted by molar-refractivity contribution is 5.85. The molecule has 0 saturated heterocycles. The lowest BCUT2D eigenvalue weighted by atomic mass is 9.96. The van der Waals surface area contributed by atoms with Gasteiger partial charge in [-0.1, -0.05) is 25.5 Å². The summed E-state index contributed by atoms with van der Waals surface area (Å²) >= 11 is 0. The van der Waals surface area contributed by atoms with Crippen LogP contribution in [-0.2, 0) is 11.3 Å². The summed E-state index contributed by atoms with van der Waals surface area (Å²) in [7, 11) is 1.63. The molecule has 20 heavy (non-hydrogen) atoms. The van der Waals surface area contributed by atoms with Crippen molar-refractivity contribution >= 4 is 18.3 Å². The molecule has 1 unspecified atom stereocenters. The molecule has 0 aliphatic rings. The minimum Gasteiger partial charge on any atom is -0.496 e. The molecule has 1 aromatic carbocycles. The summed E-state index contributed by atoms with van der Waals surface area (Å²) in [6.45, 7) is 6.21. The van der Waals surface area contributed by atoms with E-state index in [0.29, 0.717) is 13.0 Å². The molecule has 0 aromatic heterocycles. The number of carbonyl (C=O) groups excluding carboxylic acids is 1. The molecule has 0 spiro atoms. The zero-order valence-electron chi connectivity index (χ0n) is 12.7. The van der Waals surface area contributed by atoms with E-state index in [1.807, 2.05) is 32.0 Å². The summed E-state index contributed by atoms with van der Waals surface area (Å²) in [5.41, 5.74) is 7.25. The van der Waals surface area contributed by atoms with Gasteiger partial charge in [0.1, 0.15) is 5.75 Å². The molecule has 1 amide bonds. The predicted molar refractivity (Wildman–Crippen MR) is 84.3 cm³/mol. The van der Waals surface area contributed by atoms with E-state index in [-0.39, 0.29) is 18.3 Å². The fourth-order valence-electron chi connectivity index (χ4n) is 2.01. The Morgan fingerprint density at radius 1 is 1.45 bits per heavy atom. The molecule has 4 nitrogen and oxygen atoms in total. The van der Waals surface area contributed by atoms with Gasteiger partial charge in [0.2, 0.25) is 5.91 Å². The van der Waals surface area contributed by atoms with Crippen molar-refractivity contribution < 1.29 is 9.53 Å². The first kappa shape index (κ1) is 18.7. The second-order valence-electron chi connectivity index (χ2n) is 5.17. The van der Waals surface area contributed by atoms with Crippen molar-refractivity contribution in [2.75, 3.05) is 7.11 Å². The fourth-order valence-corrected chi connectivity index (χ4v) is 2.01. The quantitative estimate of drug-likeness (QED) is 0.848. The number of halogens is 1. The first-order valence-electron chi connectivity index (χ1n) is 6.61. The Hall–Kier alpha value is -1.26. The van der Waals surface area contributed by atoms with Gasteiger partial charge in [-0.25, -0.2) is 0 Å². The van der Waals surface area contributed by atoms with Crippen molar-refractivity contribution in [1.29, 1.82) is 0 Å². The minimum absolute atomic E-state index is 0. The van der Waals surface area contributed by atoms with Gasteiger partial charge in [0.05, 0.1) is 12.6 Å². The fraction of sp³-hybridized carbons (Fsp3) is 0.533. The van der Waals surface area contributed by atoms with Crippen LogP contribution in [0, 0.1) is 6.92 Å². The van der Waals surface area contributed by atoms with E-state index >= 15 is 0 Å². The minimum atomic E-state index is -0.813. The first-order valence-corrected chi connectivity index (χ1v) is 6.61. The van der Waals surface area contributed by atoms with Crippen LogP contribution in [0.1, 0.15) is 37.8 Å². The molecule has 114 valence electrons. The maximum absolute atomic E-state index is 12.0. The maximum Gasteiger partial charge on any atom is 0.240 e. The van der Waals surface area contributed by atoms with Crippen molar-refractivity contribution in [3.8, 4) is 5.75 Å². The summed E-state index contributed by atoms with van der Waals surface area (Å²) in [5.74, 6) is 0.659. The Balaban J connectivity index is 0.00000361.